The Bertz CT molecular complexity index is 1360. The van der Waals surface area contributed by atoms with Crippen LogP contribution in [0.5, 0.6) is 0 Å². The first-order valence-electron chi connectivity index (χ1n) is 29.1. The van der Waals surface area contributed by atoms with Crippen LogP contribution in [0, 0.1) is 142 Å². The minimum Gasteiger partial charge on any atom is -0.431 e. The first-order valence-corrected chi connectivity index (χ1v) is 31.3. The van der Waals surface area contributed by atoms with Crippen LogP contribution in [0.2, 0.25) is 16.6 Å². The van der Waals surface area contributed by atoms with E-state index in [1.165, 1.54) is 0 Å². The largest absolute Gasteiger partial charge is 0.431 e. The van der Waals surface area contributed by atoms with Crippen molar-refractivity contribution < 1.29 is 21.9 Å². The maximum Gasteiger partial charge on any atom is 0.196 e. The quantitative estimate of drug-likeness (QED) is 0.128. The van der Waals surface area contributed by atoms with Gasteiger partial charge in [-0.2, -0.15) is 0 Å². The van der Waals surface area contributed by atoms with Crippen molar-refractivity contribution in [2.24, 2.45) is 142 Å². The van der Waals surface area contributed by atoms with Crippen molar-refractivity contribution in [1.29, 1.82) is 0 Å². The van der Waals surface area contributed by atoms with Gasteiger partial charge in [-0.3, -0.25) is 42.5 Å². The third kappa shape index (κ3) is 8.92. The van der Waals surface area contributed by atoms with E-state index in [1.807, 2.05) is 0 Å². The minimum atomic E-state index is -1.98. The Morgan fingerprint density at radius 3 is 0.412 bits per heavy atom. The smallest absolute Gasteiger partial charge is 0.196 e. The molecule has 4 saturated carbocycles. The molecule has 5 aliphatic heterocycles. The maximum atomic E-state index is 10.4. The Kier molecular flexibility index (Phi) is 17.2. The Balaban J connectivity index is 0.000000510. The molecule has 0 aromatic heterocycles. The van der Waals surface area contributed by atoms with Crippen LogP contribution >= 0.6 is 0 Å². The molecule has 0 amide bonds. The van der Waals surface area contributed by atoms with Crippen LogP contribution in [0.25, 0.3) is 0 Å². The molecule has 9 fully saturated rings. The van der Waals surface area contributed by atoms with Gasteiger partial charge in [-0.15, -0.1) is 0 Å². The van der Waals surface area contributed by atoms with E-state index in [2.05, 4.69) is 195 Å². The summed E-state index contributed by atoms with van der Waals surface area (Å²) in [6.45, 7) is 54.1. The molecule has 9 rings (SSSR count). The molecular weight excluding hydrogens is 896 g/mol. The Morgan fingerprint density at radius 2 is 0.338 bits per heavy atom. The van der Waals surface area contributed by atoms with Crippen LogP contribution in [-0.2, 0) is 17.1 Å². The number of hydrogen-bond acceptors (Lipinski definition) is 9. The number of hydrogen-bond donors (Lipinski definition) is 9. The van der Waals surface area contributed by atoms with Crippen molar-refractivity contribution in [2.45, 2.75) is 218 Å². The van der Waals surface area contributed by atoms with E-state index in [1.54, 1.807) is 0 Å². The summed E-state index contributed by atoms with van der Waals surface area (Å²) in [5, 5.41) is 35.6. The topological polar surface area (TPSA) is 116 Å². The Hall–Kier alpha value is 0.376. The normalized spacial score (nSPS) is 56.6. The van der Waals surface area contributed by atoms with Gasteiger partial charge < -0.3 is 4.80 Å². The zero-order valence-electron chi connectivity index (χ0n) is 47.5. The molecule has 1 radical (unpaired) electrons. The summed E-state index contributed by atoms with van der Waals surface area (Å²) in [6, 6.07) is 0. The van der Waals surface area contributed by atoms with Crippen molar-refractivity contribution in [1.82, 2.24) is 42.5 Å². The molecule has 9 aliphatic rings. The zero-order chi connectivity index (χ0) is 49.4. The SMILES string of the molecule is CC(C)[Si](O)(C(C)C)C(C)C.CC1C(C)C(C)C2C3NC(NC4NC(NC5NC(NC6NC(N3)C3C(C)C(C)C(C)C(C)C63)C3C(C)C(C)C(C)C(C)C53)C3C(C)C(C)C(C)C(C)C43)C2C1C.[Mn]. The predicted molar refractivity (Wildman–Crippen MR) is 283 cm³/mol. The van der Waals surface area contributed by atoms with Crippen LogP contribution in [-0.4, -0.2) is 62.4 Å². The van der Waals surface area contributed by atoms with Crippen LogP contribution < -0.4 is 42.5 Å². The van der Waals surface area contributed by atoms with Crippen molar-refractivity contribution in [3.8, 4) is 0 Å². The fourth-order valence-electron chi connectivity index (χ4n) is 19.4. The zero-order valence-corrected chi connectivity index (χ0v) is 49.7. The van der Waals surface area contributed by atoms with Gasteiger partial charge in [0.25, 0.3) is 0 Å². The molecule has 68 heavy (non-hydrogen) atoms. The second kappa shape index (κ2) is 20.8. The van der Waals surface area contributed by atoms with Crippen molar-refractivity contribution >= 4 is 8.32 Å². The van der Waals surface area contributed by atoms with Gasteiger partial charge >= 0.3 is 0 Å². The monoisotopic (exact) mass is 1010 g/mol. The summed E-state index contributed by atoms with van der Waals surface area (Å²) in [7, 11) is -1.98. The average molecular weight is 1010 g/mol. The average Bonchev–Trinajstić information content (AvgIpc) is 4.03. The fourth-order valence-corrected chi connectivity index (χ4v) is 23.4. The van der Waals surface area contributed by atoms with Crippen molar-refractivity contribution in [3.63, 3.8) is 0 Å². The van der Waals surface area contributed by atoms with Gasteiger partial charge in [0.1, 0.15) is 0 Å². The first kappa shape index (κ1) is 56.1. The summed E-state index contributed by atoms with van der Waals surface area (Å²) in [4.78, 5) is 10.4. The van der Waals surface area contributed by atoms with Crippen LogP contribution in [0.15, 0.2) is 0 Å². The number of rotatable bonds is 3. The van der Waals surface area contributed by atoms with Gasteiger partial charge in [0.2, 0.25) is 0 Å². The van der Waals surface area contributed by atoms with E-state index < -0.39 is 8.32 Å². The van der Waals surface area contributed by atoms with Crippen molar-refractivity contribution in [3.05, 3.63) is 0 Å². The first-order chi connectivity index (χ1) is 31.3. The van der Waals surface area contributed by atoms with E-state index in [9.17, 15) is 4.80 Å². The van der Waals surface area contributed by atoms with Gasteiger partial charge in [0.15, 0.2) is 8.32 Å². The van der Waals surface area contributed by atoms with Gasteiger partial charge in [-0.1, -0.05) is 152 Å². The number of fused-ring (bicyclic) bond motifs is 20. The van der Waals surface area contributed by atoms with E-state index in [-0.39, 0.29) is 66.4 Å². The molecule has 24 unspecified atom stereocenters. The standard InChI is InChI=1S/C48H88N8.C9H22OSi.Mn/c1-17-18(2)26(10)34-33(25(17)9)41-49-42(34)54-44-37-29(13)21(5)22(6)30(14)38(37)46(51-44)56-48-40-32(16)24(8)23(7)31(15)39(40)47(52-48)55-45-36-28(12)20(4)19(3)27(11)35(36)43(50-45)53-41;1-7(2)11(10,8(3)4)9(5)6;/h17-56H,1-16H3;7-10H,1-6H3;. The Labute approximate surface area is 430 Å². The summed E-state index contributed by atoms with van der Waals surface area (Å²) in [5.41, 5.74) is 1.42. The summed E-state index contributed by atoms with van der Waals surface area (Å²) in [5.74, 6) is 15.6. The third-order valence-electron chi connectivity index (χ3n) is 25.3. The molecule has 4 aliphatic carbocycles. The van der Waals surface area contributed by atoms with Gasteiger partial charge in [0.05, 0.1) is 49.3 Å². The second-order valence-corrected chi connectivity index (χ2v) is 33.1. The van der Waals surface area contributed by atoms with Gasteiger partial charge in [0, 0.05) is 17.1 Å². The fraction of sp³-hybridized carbons (Fsp3) is 1.00. The molecule has 395 valence electrons. The van der Waals surface area contributed by atoms with Crippen LogP contribution in [0.3, 0.4) is 0 Å². The molecule has 0 spiro atoms. The predicted octanol–water partition coefficient (Wildman–Crippen LogP) is 9.69. The minimum absolute atomic E-state index is 0. The maximum absolute atomic E-state index is 10.4. The van der Waals surface area contributed by atoms with Gasteiger partial charge in [-0.25, -0.2) is 0 Å². The second-order valence-electron chi connectivity index (χ2n) is 27.9. The molecule has 5 saturated heterocycles. The molecule has 0 aromatic carbocycles. The summed E-state index contributed by atoms with van der Waals surface area (Å²) in [6.07, 6.45) is 2.22. The molecule has 0 aromatic rings. The van der Waals surface area contributed by atoms with E-state index in [4.69, 9.17) is 0 Å². The summed E-state index contributed by atoms with van der Waals surface area (Å²) < 4.78 is 0. The summed E-state index contributed by atoms with van der Waals surface area (Å²) >= 11 is 0. The molecule has 11 heteroatoms. The molecular formula is C57H110MnN8OSi. The van der Waals surface area contributed by atoms with E-state index in [0.29, 0.717) is 159 Å². The van der Waals surface area contributed by atoms with Crippen LogP contribution in [0.1, 0.15) is 152 Å². The van der Waals surface area contributed by atoms with Crippen LogP contribution in [0.4, 0.5) is 0 Å². The molecule has 8 bridgehead atoms. The molecule has 9 N–H and O–H groups in total. The molecule has 24 atom stereocenters. The van der Waals surface area contributed by atoms with E-state index >= 15 is 0 Å². The van der Waals surface area contributed by atoms with Crippen molar-refractivity contribution in [2.75, 3.05) is 0 Å². The van der Waals surface area contributed by atoms with E-state index in [0.717, 1.165) is 0 Å². The molecule has 5 heterocycles. The molecule has 9 nitrogen and oxygen atoms in total. The third-order valence-corrected chi connectivity index (χ3v) is 30.9. The van der Waals surface area contributed by atoms with Gasteiger partial charge in [-0.05, 0) is 159 Å². The number of nitrogens with one attached hydrogen (secondary N) is 8. The Morgan fingerprint density at radius 1 is 0.235 bits per heavy atom.